The van der Waals surface area contributed by atoms with Crippen molar-refractivity contribution >= 4 is 28.2 Å². The van der Waals surface area contributed by atoms with Gasteiger partial charge >= 0.3 is 6.09 Å². The van der Waals surface area contributed by atoms with Gasteiger partial charge in [0.25, 0.3) is 0 Å². The van der Waals surface area contributed by atoms with Crippen molar-refractivity contribution in [1.29, 1.82) is 0 Å². The van der Waals surface area contributed by atoms with E-state index in [4.69, 9.17) is 5.11 Å². The normalized spacial score (nSPS) is 22.0. The molecule has 102 valence electrons. The van der Waals surface area contributed by atoms with Crippen LogP contribution in [0.25, 0.3) is 22.1 Å². The number of nitrogens with one attached hydrogen (secondary N) is 2. The van der Waals surface area contributed by atoms with E-state index in [1.165, 1.54) is 0 Å². The van der Waals surface area contributed by atoms with Crippen LogP contribution in [0.4, 0.5) is 4.79 Å². The van der Waals surface area contributed by atoms with Gasteiger partial charge in [0.1, 0.15) is 11.2 Å². The summed E-state index contributed by atoms with van der Waals surface area (Å²) in [6.45, 7) is 0. The van der Waals surface area contributed by atoms with Crippen molar-refractivity contribution in [3.8, 4) is 0 Å². The van der Waals surface area contributed by atoms with Crippen molar-refractivity contribution in [1.82, 2.24) is 24.8 Å². The highest BCUT2D eigenvalue weighted by atomic mass is 16.4. The Balaban J connectivity index is 1.71. The molecule has 1 saturated carbocycles. The number of fused-ring (bicyclic) bond motifs is 3. The summed E-state index contributed by atoms with van der Waals surface area (Å²) in [7, 11) is 0. The molecule has 0 radical (unpaired) electrons. The number of aromatic nitrogens is 4. The van der Waals surface area contributed by atoms with Crippen LogP contribution in [0.1, 0.15) is 18.9 Å². The largest absolute Gasteiger partial charge is 0.465 e. The van der Waals surface area contributed by atoms with Gasteiger partial charge in [0.2, 0.25) is 0 Å². The summed E-state index contributed by atoms with van der Waals surface area (Å²) >= 11 is 0. The third-order valence-electron chi connectivity index (χ3n) is 3.95. The minimum absolute atomic E-state index is 0.0403. The van der Waals surface area contributed by atoms with E-state index in [-0.39, 0.29) is 12.1 Å². The van der Waals surface area contributed by atoms with E-state index in [9.17, 15) is 4.79 Å². The quantitative estimate of drug-likeness (QED) is 0.663. The fourth-order valence-electron chi connectivity index (χ4n) is 2.92. The van der Waals surface area contributed by atoms with Gasteiger partial charge in [-0.15, -0.1) is 0 Å². The second kappa shape index (κ2) is 3.96. The Morgan fingerprint density at radius 1 is 1.45 bits per heavy atom. The first kappa shape index (κ1) is 11.3. The Labute approximate surface area is 113 Å². The molecule has 0 unspecified atom stereocenters. The first-order valence-corrected chi connectivity index (χ1v) is 6.50. The molecule has 20 heavy (non-hydrogen) atoms. The molecule has 0 aromatic carbocycles. The molecule has 0 aliphatic heterocycles. The molecule has 3 N–H and O–H groups in total. The average Bonchev–Trinajstić information content (AvgIpc) is 2.98. The Bertz CT molecular complexity index is 799. The fraction of sp³-hybridized carbons (Fsp3) is 0.308. The van der Waals surface area contributed by atoms with Gasteiger partial charge in [0.15, 0.2) is 0 Å². The topological polar surface area (TPSA) is 95.8 Å². The minimum atomic E-state index is -0.957. The molecule has 3 heterocycles. The van der Waals surface area contributed by atoms with Crippen LogP contribution in [0.3, 0.4) is 0 Å². The fourth-order valence-corrected chi connectivity index (χ4v) is 2.92. The molecule has 3 aromatic heterocycles. The molecule has 1 aliphatic rings. The van der Waals surface area contributed by atoms with E-state index in [1.54, 1.807) is 6.20 Å². The first-order valence-electron chi connectivity index (χ1n) is 6.50. The number of nitrogens with zero attached hydrogens (tertiary/aromatic N) is 3. The maximum absolute atomic E-state index is 10.6. The lowest BCUT2D eigenvalue weighted by Crippen LogP contribution is -2.44. The van der Waals surface area contributed by atoms with Crippen molar-refractivity contribution < 1.29 is 9.90 Å². The lowest BCUT2D eigenvalue weighted by molar-refractivity contribution is 0.168. The molecule has 1 amide bonds. The van der Waals surface area contributed by atoms with Crippen molar-refractivity contribution in [2.24, 2.45) is 0 Å². The maximum Gasteiger partial charge on any atom is 0.404 e. The van der Waals surface area contributed by atoms with E-state index in [0.29, 0.717) is 0 Å². The molecule has 7 nitrogen and oxygen atoms in total. The van der Waals surface area contributed by atoms with Crippen molar-refractivity contribution in [3.63, 3.8) is 0 Å². The molecule has 0 spiro atoms. The van der Waals surface area contributed by atoms with Crippen LogP contribution in [0.15, 0.2) is 24.8 Å². The van der Waals surface area contributed by atoms with E-state index in [1.807, 2.05) is 18.6 Å². The summed E-state index contributed by atoms with van der Waals surface area (Å²) in [5, 5.41) is 12.3. The number of pyridine rings is 1. The molecule has 4 rings (SSSR count). The third-order valence-corrected chi connectivity index (χ3v) is 3.95. The number of H-pyrrole nitrogens is 1. The lowest BCUT2D eigenvalue weighted by Gasteiger charge is -2.36. The van der Waals surface area contributed by atoms with Crippen LogP contribution in [0.5, 0.6) is 0 Å². The van der Waals surface area contributed by atoms with Gasteiger partial charge in [-0.3, -0.25) is 0 Å². The van der Waals surface area contributed by atoms with Crippen LogP contribution in [-0.2, 0) is 0 Å². The highest BCUT2D eigenvalue weighted by Gasteiger charge is 2.32. The van der Waals surface area contributed by atoms with E-state index in [0.717, 1.165) is 34.9 Å². The molecule has 0 bridgehead atoms. The zero-order valence-electron chi connectivity index (χ0n) is 10.6. The number of aromatic amines is 1. The summed E-state index contributed by atoms with van der Waals surface area (Å²) < 4.78 is 2.13. The van der Waals surface area contributed by atoms with Gasteiger partial charge in [0, 0.05) is 23.7 Å². The minimum Gasteiger partial charge on any atom is -0.465 e. The second-order valence-corrected chi connectivity index (χ2v) is 5.16. The van der Waals surface area contributed by atoms with E-state index in [2.05, 4.69) is 24.8 Å². The summed E-state index contributed by atoms with van der Waals surface area (Å²) in [6.07, 6.45) is 6.08. The second-order valence-electron chi connectivity index (χ2n) is 5.16. The Hall–Kier alpha value is -2.57. The van der Waals surface area contributed by atoms with Gasteiger partial charge in [-0.1, -0.05) is 0 Å². The summed E-state index contributed by atoms with van der Waals surface area (Å²) in [5.74, 6) is 0. The number of hydrogen-bond acceptors (Lipinski definition) is 3. The highest BCUT2D eigenvalue weighted by Crippen LogP contribution is 2.36. The molecule has 1 fully saturated rings. The van der Waals surface area contributed by atoms with E-state index < -0.39 is 6.09 Å². The number of carboxylic acid groups (broad SMARTS) is 1. The average molecular weight is 271 g/mol. The Morgan fingerprint density at radius 3 is 3.10 bits per heavy atom. The summed E-state index contributed by atoms with van der Waals surface area (Å²) in [5.41, 5.74) is 2.78. The van der Waals surface area contributed by atoms with E-state index >= 15 is 0 Å². The van der Waals surface area contributed by atoms with Crippen LogP contribution >= 0.6 is 0 Å². The molecular weight excluding hydrogens is 258 g/mol. The SMILES string of the molecule is O=C(O)NC1CC(n2cnc3cnc4[nH]ccc4c32)C1. The summed E-state index contributed by atoms with van der Waals surface area (Å²) in [6, 6.07) is 2.32. The third kappa shape index (κ3) is 1.56. The lowest BCUT2D eigenvalue weighted by atomic mass is 9.86. The maximum atomic E-state index is 10.6. The zero-order chi connectivity index (χ0) is 13.7. The van der Waals surface area contributed by atoms with Crippen LogP contribution in [0.2, 0.25) is 0 Å². The smallest absolute Gasteiger partial charge is 0.404 e. The van der Waals surface area contributed by atoms with Crippen LogP contribution in [0, 0.1) is 0 Å². The first-order chi connectivity index (χ1) is 9.72. The molecular formula is C13H13N5O2. The van der Waals surface area contributed by atoms with Gasteiger partial charge in [0.05, 0.1) is 18.0 Å². The predicted molar refractivity (Wildman–Crippen MR) is 72.6 cm³/mol. The number of amides is 1. The van der Waals surface area contributed by atoms with Gasteiger partial charge in [-0.25, -0.2) is 14.8 Å². The van der Waals surface area contributed by atoms with Crippen molar-refractivity contribution in [2.45, 2.75) is 24.9 Å². The Morgan fingerprint density at radius 2 is 2.30 bits per heavy atom. The molecule has 3 aromatic rings. The monoisotopic (exact) mass is 271 g/mol. The summed E-state index contributed by atoms with van der Waals surface area (Å²) in [4.78, 5) is 22.4. The zero-order valence-corrected chi connectivity index (χ0v) is 10.6. The van der Waals surface area contributed by atoms with Gasteiger partial charge in [-0.2, -0.15) is 0 Å². The van der Waals surface area contributed by atoms with Crippen molar-refractivity contribution in [2.75, 3.05) is 0 Å². The Kier molecular flexibility index (Phi) is 2.23. The number of imidazole rings is 1. The molecule has 7 heteroatoms. The number of hydrogen-bond donors (Lipinski definition) is 3. The predicted octanol–water partition coefficient (Wildman–Crippen LogP) is 1.88. The highest BCUT2D eigenvalue weighted by molar-refractivity contribution is 6.00. The van der Waals surface area contributed by atoms with Gasteiger partial charge in [-0.05, 0) is 18.9 Å². The van der Waals surface area contributed by atoms with Gasteiger partial charge < -0.3 is 20.0 Å². The number of carbonyl (C=O) groups is 1. The molecule has 1 aliphatic carbocycles. The van der Waals surface area contributed by atoms with Crippen LogP contribution < -0.4 is 5.32 Å². The van der Waals surface area contributed by atoms with Crippen LogP contribution in [-0.4, -0.2) is 36.8 Å². The molecule has 0 saturated heterocycles. The number of rotatable bonds is 2. The molecule has 0 atom stereocenters. The van der Waals surface area contributed by atoms with Crippen molar-refractivity contribution in [3.05, 3.63) is 24.8 Å². The standard InChI is InChI=1S/C13H13N5O2/c19-13(20)17-7-3-8(4-7)18-6-16-10-5-15-12-9(11(10)18)1-2-14-12/h1-2,5-8,17H,3-4H2,(H,14,15)(H,19,20).